The Morgan fingerprint density at radius 2 is 1.91 bits per heavy atom. The number of amides is 1. The summed E-state index contributed by atoms with van der Waals surface area (Å²) in [7, 11) is 0. The molecule has 0 aromatic heterocycles. The van der Waals surface area contributed by atoms with Crippen molar-refractivity contribution in [3.05, 3.63) is 63.9 Å². The van der Waals surface area contributed by atoms with Gasteiger partial charge in [-0.1, -0.05) is 41.4 Å². The van der Waals surface area contributed by atoms with Crippen molar-refractivity contribution in [2.24, 2.45) is 0 Å². The molecule has 2 aromatic rings. The summed E-state index contributed by atoms with van der Waals surface area (Å²) in [5.74, 6) is -0.429. The van der Waals surface area contributed by atoms with Gasteiger partial charge in [-0.3, -0.25) is 4.79 Å². The first-order valence-electron chi connectivity index (χ1n) is 6.64. The number of carbonyl (C=O) groups excluding carboxylic acids is 1. The molecule has 0 saturated carbocycles. The fraction of sp³-hybridized carbons (Fsp3) is 0.188. The summed E-state index contributed by atoms with van der Waals surface area (Å²) in [6.07, 6.45) is 0.191. The average molecular weight is 342 g/mol. The Labute approximate surface area is 138 Å². The van der Waals surface area contributed by atoms with Crippen LogP contribution in [0, 0.1) is 5.82 Å². The first-order chi connectivity index (χ1) is 10.6. The third-order valence-electron chi connectivity index (χ3n) is 2.87. The normalized spacial score (nSPS) is 10.3. The van der Waals surface area contributed by atoms with E-state index >= 15 is 0 Å². The Bertz CT molecular complexity index is 664. The summed E-state index contributed by atoms with van der Waals surface area (Å²) in [5.41, 5.74) is 0.766. The van der Waals surface area contributed by atoms with Crippen LogP contribution in [-0.2, 0) is 11.2 Å². The molecule has 1 N–H and O–H groups in total. The van der Waals surface area contributed by atoms with E-state index < -0.39 is 5.82 Å². The molecule has 0 radical (unpaired) electrons. The lowest BCUT2D eigenvalue weighted by Gasteiger charge is -2.08. The van der Waals surface area contributed by atoms with Crippen molar-refractivity contribution in [3.63, 3.8) is 0 Å². The third kappa shape index (κ3) is 4.90. The molecular weight excluding hydrogens is 328 g/mol. The number of hydrogen-bond donors (Lipinski definition) is 1. The van der Waals surface area contributed by atoms with E-state index in [0.717, 1.165) is 5.56 Å². The van der Waals surface area contributed by atoms with E-state index in [-0.39, 0.29) is 31.2 Å². The lowest BCUT2D eigenvalue weighted by Crippen LogP contribution is -2.29. The minimum Gasteiger partial charge on any atom is -0.489 e. The first-order valence-corrected chi connectivity index (χ1v) is 7.40. The van der Waals surface area contributed by atoms with Gasteiger partial charge in [0.2, 0.25) is 5.91 Å². The number of nitrogens with one attached hydrogen (secondary N) is 1. The van der Waals surface area contributed by atoms with Crippen LogP contribution in [0.4, 0.5) is 4.39 Å². The summed E-state index contributed by atoms with van der Waals surface area (Å²) in [4.78, 5) is 11.8. The maximum Gasteiger partial charge on any atom is 0.224 e. The van der Waals surface area contributed by atoms with Crippen LogP contribution in [-0.4, -0.2) is 19.1 Å². The van der Waals surface area contributed by atoms with Crippen molar-refractivity contribution in [1.82, 2.24) is 5.32 Å². The van der Waals surface area contributed by atoms with Gasteiger partial charge < -0.3 is 10.1 Å². The van der Waals surface area contributed by atoms with Gasteiger partial charge in [-0.05, 0) is 29.8 Å². The van der Waals surface area contributed by atoms with Gasteiger partial charge in [-0.2, -0.15) is 0 Å². The number of hydrogen-bond acceptors (Lipinski definition) is 2. The van der Waals surface area contributed by atoms with E-state index in [1.807, 2.05) is 0 Å². The van der Waals surface area contributed by atoms with Gasteiger partial charge in [-0.25, -0.2) is 4.39 Å². The molecule has 0 heterocycles. The first kappa shape index (κ1) is 16.6. The molecule has 0 fully saturated rings. The zero-order valence-corrected chi connectivity index (χ0v) is 13.1. The maximum atomic E-state index is 13.3. The molecule has 0 aliphatic carbocycles. The second-order valence-electron chi connectivity index (χ2n) is 4.55. The number of para-hydroxylation sites is 1. The average Bonchev–Trinajstić information content (AvgIpc) is 2.49. The second-order valence-corrected chi connectivity index (χ2v) is 5.37. The molecule has 0 aliphatic rings. The van der Waals surface area contributed by atoms with Crippen LogP contribution >= 0.6 is 23.2 Å². The largest absolute Gasteiger partial charge is 0.489 e. The van der Waals surface area contributed by atoms with Crippen molar-refractivity contribution < 1.29 is 13.9 Å². The highest BCUT2D eigenvalue weighted by Gasteiger charge is 2.06. The van der Waals surface area contributed by atoms with Gasteiger partial charge in [0.15, 0.2) is 11.6 Å². The molecule has 2 aromatic carbocycles. The Morgan fingerprint density at radius 1 is 1.14 bits per heavy atom. The summed E-state index contributed by atoms with van der Waals surface area (Å²) >= 11 is 11.7. The smallest absolute Gasteiger partial charge is 0.224 e. The highest BCUT2D eigenvalue weighted by Crippen LogP contribution is 2.22. The van der Waals surface area contributed by atoms with E-state index in [1.165, 1.54) is 12.1 Å². The minimum atomic E-state index is -0.426. The van der Waals surface area contributed by atoms with Crippen LogP contribution in [0.2, 0.25) is 10.0 Å². The molecule has 2 rings (SSSR count). The van der Waals surface area contributed by atoms with Gasteiger partial charge in [0.05, 0.1) is 23.0 Å². The van der Waals surface area contributed by atoms with Crippen molar-refractivity contribution >= 4 is 29.1 Å². The zero-order valence-electron chi connectivity index (χ0n) is 11.6. The maximum absolute atomic E-state index is 13.3. The van der Waals surface area contributed by atoms with Crippen LogP contribution < -0.4 is 10.1 Å². The predicted molar refractivity (Wildman–Crippen MR) is 85.1 cm³/mol. The molecule has 3 nitrogen and oxygen atoms in total. The number of ether oxygens (including phenoxy) is 1. The molecule has 0 bridgehead atoms. The van der Waals surface area contributed by atoms with E-state index in [9.17, 15) is 9.18 Å². The molecule has 1 amide bonds. The summed E-state index contributed by atoms with van der Waals surface area (Å²) in [5, 5.41) is 3.55. The summed E-state index contributed by atoms with van der Waals surface area (Å²) < 4.78 is 18.5. The number of rotatable bonds is 6. The van der Waals surface area contributed by atoms with Crippen molar-refractivity contribution in [3.8, 4) is 5.75 Å². The topological polar surface area (TPSA) is 38.3 Å². The Balaban J connectivity index is 1.74. The summed E-state index contributed by atoms with van der Waals surface area (Å²) in [6, 6.07) is 11.2. The highest BCUT2D eigenvalue weighted by atomic mass is 35.5. The number of benzene rings is 2. The van der Waals surface area contributed by atoms with Gasteiger partial charge in [-0.15, -0.1) is 0 Å². The molecule has 0 atom stereocenters. The van der Waals surface area contributed by atoms with Crippen LogP contribution in [0.3, 0.4) is 0 Å². The Morgan fingerprint density at radius 3 is 2.64 bits per heavy atom. The van der Waals surface area contributed by atoms with Crippen LogP contribution in [0.25, 0.3) is 0 Å². The quantitative estimate of drug-likeness (QED) is 0.810. The standard InChI is InChI=1S/C16H14Cl2FNO2/c17-12-6-5-11(9-13(12)18)10-16(21)20-7-8-22-15-4-2-1-3-14(15)19/h1-6,9H,7-8,10H2,(H,20,21). The van der Waals surface area contributed by atoms with E-state index in [2.05, 4.69) is 5.32 Å². The SMILES string of the molecule is O=C(Cc1ccc(Cl)c(Cl)c1)NCCOc1ccccc1F. The zero-order chi connectivity index (χ0) is 15.9. The number of halogens is 3. The molecule has 0 saturated heterocycles. The fourth-order valence-corrected chi connectivity index (χ4v) is 2.13. The lowest BCUT2D eigenvalue weighted by molar-refractivity contribution is -0.120. The molecule has 0 unspecified atom stereocenters. The Hall–Kier alpha value is -1.78. The molecule has 0 spiro atoms. The van der Waals surface area contributed by atoms with Gasteiger partial charge in [0, 0.05) is 0 Å². The van der Waals surface area contributed by atoms with Gasteiger partial charge >= 0.3 is 0 Å². The summed E-state index contributed by atoms with van der Waals surface area (Å²) in [6.45, 7) is 0.475. The van der Waals surface area contributed by atoms with Gasteiger partial charge in [0.25, 0.3) is 0 Å². The fourth-order valence-electron chi connectivity index (χ4n) is 1.81. The molecular formula is C16H14Cl2FNO2. The number of carbonyl (C=O) groups is 1. The van der Waals surface area contributed by atoms with Gasteiger partial charge in [0.1, 0.15) is 6.61 Å². The third-order valence-corrected chi connectivity index (χ3v) is 3.61. The Kier molecular flexibility index (Phi) is 6.04. The van der Waals surface area contributed by atoms with Crippen molar-refractivity contribution in [2.75, 3.05) is 13.2 Å². The van der Waals surface area contributed by atoms with Crippen molar-refractivity contribution in [2.45, 2.75) is 6.42 Å². The second kappa shape index (κ2) is 8.01. The molecule has 0 aliphatic heterocycles. The highest BCUT2D eigenvalue weighted by molar-refractivity contribution is 6.42. The lowest BCUT2D eigenvalue weighted by atomic mass is 10.1. The van der Waals surface area contributed by atoms with Crippen LogP contribution in [0.5, 0.6) is 5.75 Å². The van der Waals surface area contributed by atoms with Crippen LogP contribution in [0.1, 0.15) is 5.56 Å². The van der Waals surface area contributed by atoms with E-state index in [1.54, 1.807) is 30.3 Å². The van der Waals surface area contributed by atoms with E-state index in [0.29, 0.717) is 10.0 Å². The molecule has 116 valence electrons. The van der Waals surface area contributed by atoms with Crippen molar-refractivity contribution in [1.29, 1.82) is 0 Å². The monoisotopic (exact) mass is 341 g/mol. The predicted octanol–water partition coefficient (Wildman–Crippen LogP) is 3.87. The minimum absolute atomic E-state index is 0.168. The molecule has 6 heteroatoms. The van der Waals surface area contributed by atoms with Crippen LogP contribution in [0.15, 0.2) is 42.5 Å². The van der Waals surface area contributed by atoms with E-state index in [4.69, 9.17) is 27.9 Å². The molecule has 22 heavy (non-hydrogen) atoms.